The van der Waals surface area contributed by atoms with Crippen molar-refractivity contribution in [1.29, 1.82) is 0 Å². The lowest BCUT2D eigenvalue weighted by Gasteiger charge is -2.10. The van der Waals surface area contributed by atoms with Crippen LogP contribution in [0.25, 0.3) is 11.0 Å². The SMILES string of the molecule is CSc1ncccc1C(=O)NNC(=O)COc1ccc2c(C)cc(=O)oc2c1. The smallest absolute Gasteiger partial charge is 0.336 e. The van der Waals surface area contributed by atoms with E-state index in [1.54, 1.807) is 43.6 Å². The molecule has 0 saturated heterocycles. The molecular weight excluding hydrogens is 382 g/mol. The van der Waals surface area contributed by atoms with Crippen LogP contribution in [0.4, 0.5) is 0 Å². The van der Waals surface area contributed by atoms with Crippen LogP contribution in [0.3, 0.4) is 0 Å². The van der Waals surface area contributed by atoms with Gasteiger partial charge in [0.1, 0.15) is 16.4 Å². The van der Waals surface area contributed by atoms with E-state index in [2.05, 4.69) is 15.8 Å². The predicted octanol–water partition coefficient (Wildman–Crippen LogP) is 2.06. The number of hydrogen-bond acceptors (Lipinski definition) is 7. The van der Waals surface area contributed by atoms with Crippen LogP contribution in [0.1, 0.15) is 15.9 Å². The lowest BCUT2D eigenvalue weighted by molar-refractivity contribution is -0.123. The Hall–Kier alpha value is -3.33. The Bertz CT molecular complexity index is 1100. The number of rotatable bonds is 5. The summed E-state index contributed by atoms with van der Waals surface area (Å²) in [6, 6.07) is 9.61. The monoisotopic (exact) mass is 399 g/mol. The molecule has 8 nitrogen and oxygen atoms in total. The van der Waals surface area contributed by atoms with Gasteiger partial charge in [0, 0.05) is 23.7 Å². The van der Waals surface area contributed by atoms with E-state index in [-0.39, 0.29) is 6.61 Å². The summed E-state index contributed by atoms with van der Waals surface area (Å²) in [5, 5.41) is 1.34. The Kier molecular flexibility index (Phi) is 5.95. The minimum Gasteiger partial charge on any atom is -0.484 e. The standard InChI is InChI=1S/C19H17N3O5S/c1-11-8-17(24)27-15-9-12(5-6-13(11)15)26-10-16(23)21-22-18(25)14-4-3-7-20-19(14)28-2/h3-9H,10H2,1-2H3,(H,21,23)(H,22,25). The number of fused-ring (bicyclic) bond motifs is 1. The fourth-order valence-electron chi connectivity index (χ4n) is 2.50. The average molecular weight is 399 g/mol. The molecule has 2 aromatic heterocycles. The number of nitrogens with one attached hydrogen (secondary N) is 2. The highest BCUT2D eigenvalue weighted by molar-refractivity contribution is 7.98. The van der Waals surface area contributed by atoms with Gasteiger partial charge in [-0.1, -0.05) is 0 Å². The van der Waals surface area contributed by atoms with Gasteiger partial charge in [-0.25, -0.2) is 9.78 Å². The van der Waals surface area contributed by atoms with Crippen molar-refractivity contribution < 1.29 is 18.7 Å². The van der Waals surface area contributed by atoms with Crippen molar-refractivity contribution in [3.05, 3.63) is 64.1 Å². The van der Waals surface area contributed by atoms with E-state index in [4.69, 9.17) is 9.15 Å². The van der Waals surface area contributed by atoms with Crippen LogP contribution < -0.4 is 21.2 Å². The Morgan fingerprint density at radius 1 is 1.21 bits per heavy atom. The molecule has 0 atom stereocenters. The second kappa shape index (κ2) is 8.57. The molecule has 0 fully saturated rings. The number of ether oxygens (including phenoxy) is 1. The summed E-state index contributed by atoms with van der Waals surface area (Å²) in [5.41, 5.74) is 5.67. The van der Waals surface area contributed by atoms with Gasteiger partial charge in [0.05, 0.1) is 5.56 Å². The largest absolute Gasteiger partial charge is 0.484 e. The van der Waals surface area contributed by atoms with Gasteiger partial charge in [-0.05, 0) is 43.0 Å². The number of pyridine rings is 1. The van der Waals surface area contributed by atoms with Gasteiger partial charge in [-0.3, -0.25) is 20.4 Å². The van der Waals surface area contributed by atoms with Crippen molar-refractivity contribution in [2.45, 2.75) is 11.9 Å². The normalized spacial score (nSPS) is 10.5. The lowest BCUT2D eigenvalue weighted by atomic mass is 10.1. The number of amides is 2. The van der Waals surface area contributed by atoms with E-state index in [0.29, 0.717) is 21.9 Å². The van der Waals surface area contributed by atoms with Crippen molar-refractivity contribution >= 4 is 34.5 Å². The maximum atomic E-state index is 12.2. The third kappa shape index (κ3) is 4.49. The van der Waals surface area contributed by atoms with Crippen molar-refractivity contribution in [3.63, 3.8) is 0 Å². The van der Waals surface area contributed by atoms with Crippen molar-refractivity contribution in [1.82, 2.24) is 15.8 Å². The number of aromatic nitrogens is 1. The molecule has 2 N–H and O–H groups in total. The molecule has 0 radical (unpaired) electrons. The van der Waals surface area contributed by atoms with Gasteiger partial charge in [-0.2, -0.15) is 0 Å². The van der Waals surface area contributed by atoms with Crippen LogP contribution in [0, 0.1) is 6.92 Å². The summed E-state index contributed by atoms with van der Waals surface area (Å²) < 4.78 is 10.5. The molecule has 3 aromatic rings. The number of nitrogens with zero attached hydrogens (tertiary/aromatic N) is 1. The molecule has 0 aliphatic carbocycles. The van der Waals surface area contributed by atoms with Gasteiger partial charge >= 0.3 is 5.63 Å². The van der Waals surface area contributed by atoms with E-state index in [1.807, 2.05) is 0 Å². The molecule has 3 rings (SSSR count). The highest BCUT2D eigenvalue weighted by Crippen LogP contribution is 2.22. The molecule has 144 valence electrons. The maximum Gasteiger partial charge on any atom is 0.336 e. The summed E-state index contributed by atoms with van der Waals surface area (Å²) in [4.78, 5) is 39.7. The topological polar surface area (TPSA) is 111 Å². The molecule has 9 heteroatoms. The van der Waals surface area contributed by atoms with E-state index >= 15 is 0 Å². The molecule has 0 aliphatic heterocycles. The Labute approximate surface area is 164 Å². The number of aryl methyl sites for hydroxylation is 1. The molecule has 2 amide bonds. The zero-order valence-electron chi connectivity index (χ0n) is 15.1. The molecular formula is C19H17N3O5S. The third-order valence-corrected chi connectivity index (χ3v) is 4.53. The summed E-state index contributed by atoms with van der Waals surface area (Å²) >= 11 is 1.33. The molecule has 1 aromatic carbocycles. The molecule has 2 heterocycles. The molecule has 0 unspecified atom stereocenters. The van der Waals surface area contributed by atoms with Gasteiger partial charge in [0.15, 0.2) is 6.61 Å². The zero-order valence-corrected chi connectivity index (χ0v) is 16.0. The second-order valence-corrected chi connectivity index (χ2v) is 6.55. The Morgan fingerprint density at radius 2 is 2.04 bits per heavy atom. The fourth-order valence-corrected chi connectivity index (χ4v) is 3.05. The summed E-state index contributed by atoms with van der Waals surface area (Å²) in [5.74, 6) is -0.665. The first-order valence-electron chi connectivity index (χ1n) is 8.23. The molecule has 0 spiro atoms. The first-order valence-corrected chi connectivity index (χ1v) is 9.46. The van der Waals surface area contributed by atoms with E-state index in [0.717, 1.165) is 10.9 Å². The van der Waals surface area contributed by atoms with E-state index in [9.17, 15) is 14.4 Å². The number of benzene rings is 1. The second-order valence-electron chi connectivity index (χ2n) is 5.76. The van der Waals surface area contributed by atoms with Crippen LogP contribution >= 0.6 is 11.8 Å². The number of carbonyl (C=O) groups excluding carboxylic acids is 2. The predicted molar refractivity (Wildman–Crippen MR) is 104 cm³/mol. The molecule has 0 saturated carbocycles. The zero-order chi connectivity index (χ0) is 20.1. The van der Waals surface area contributed by atoms with E-state index < -0.39 is 17.4 Å². The maximum absolute atomic E-state index is 12.2. The minimum atomic E-state index is -0.547. The van der Waals surface area contributed by atoms with Gasteiger partial charge in [0.2, 0.25) is 0 Å². The first-order chi connectivity index (χ1) is 13.5. The minimum absolute atomic E-state index is 0.329. The van der Waals surface area contributed by atoms with Gasteiger partial charge in [-0.15, -0.1) is 11.8 Å². The highest BCUT2D eigenvalue weighted by atomic mass is 32.2. The summed E-state index contributed by atoms with van der Waals surface area (Å²) in [6.45, 7) is 1.48. The third-order valence-electron chi connectivity index (χ3n) is 3.82. The summed E-state index contributed by atoms with van der Waals surface area (Å²) in [7, 11) is 0. The number of hydrogen-bond donors (Lipinski definition) is 2. The van der Waals surface area contributed by atoms with Gasteiger partial charge in [0.25, 0.3) is 11.8 Å². The van der Waals surface area contributed by atoms with Crippen molar-refractivity contribution in [2.24, 2.45) is 0 Å². The number of hydrazine groups is 1. The van der Waals surface area contributed by atoms with Crippen LogP contribution in [0.2, 0.25) is 0 Å². The summed E-state index contributed by atoms with van der Waals surface area (Å²) in [6.07, 6.45) is 3.39. The average Bonchev–Trinajstić information content (AvgIpc) is 2.69. The molecule has 28 heavy (non-hydrogen) atoms. The lowest BCUT2D eigenvalue weighted by Crippen LogP contribution is -2.44. The molecule has 0 aliphatic rings. The van der Waals surface area contributed by atoms with E-state index in [1.165, 1.54) is 23.9 Å². The Morgan fingerprint density at radius 3 is 2.82 bits per heavy atom. The fraction of sp³-hybridized carbons (Fsp3) is 0.158. The quantitative estimate of drug-likeness (QED) is 0.384. The van der Waals surface area contributed by atoms with Crippen molar-refractivity contribution in [2.75, 3.05) is 12.9 Å². The Balaban J connectivity index is 1.58. The van der Waals surface area contributed by atoms with Crippen LogP contribution in [0.5, 0.6) is 5.75 Å². The number of carbonyl (C=O) groups is 2. The van der Waals surface area contributed by atoms with Crippen LogP contribution in [-0.4, -0.2) is 29.7 Å². The van der Waals surface area contributed by atoms with Crippen LogP contribution in [0.15, 0.2) is 56.8 Å². The number of thioether (sulfide) groups is 1. The molecule has 0 bridgehead atoms. The van der Waals surface area contributed by atoms with Crippen molar-refractivity contribution in [3.8, 4) is 5.75 Å². The highest BCUT2D eigenvalue weighted by Gasteiger charge is 2.13. The first kappa shape index (κ1) is 19.4. The van der Waals surface area contributed by atoms with Crippen LogP contribution in [-0.2, 0) is 4.79 Å². The van der Waals surface area contributed by atoms with Gasteiger partial charge < -0.3 is 9.15 Å².